The molecule has 1 aromatic carbocycles. The molecule has 0 aliphatic rings. The molecule has 0 saturated heterocycles. The van der Waals surface area contributed by atoms with Crippen molar-refractivity contribution in [1.82, 2.24) is 0 Å². The number of nitrogens with two attached hydrogens (primary N) is 1. The zero-order valence-corrected chi connectivity index (χ0v) is 8.17. The van der Waals surface area contributed by atoms with Gasteiger partial charge >= 0.3 is 0 Å². The lowest BCUT2D eigenvalue weighted by Gasteiger charge is -2.23. The van der Waals surface area contributed by atoms with E-state index in [0.717, 1.165) is 6.07 Å². The van der Waals surface area contributed by atoms with E-state index in [4.69, 9.17) is 10.8 Å². The molecule has 0 saturated carbocycles. The molecule has 0 heterocycles. The number of aliphatic hydroxyl groups is 1. The number of hydrogen-bond donors (Lipinski definition) is 2. The van der Waals surface area contributed by atoms with Gasteiger partial charge in [0, 0.05) is 0 Å². The van der Waals surface area contributed by atoms with Crippen LogP contribution in [0.4, 0.5) is 13.2 Å². The van der Waals surface area contributed by atoms with Crippen LogP contribution in [-0.4, -0.2) is 17.6 Å². The minimum Gasteiger partial charge on any atom is -0.390 e. The summed E-state index contributed by atoms with van der Waals surface area (Å²) in [5.41, 5.74) is 5.75. The first kappa shape index (κ1) is 12.0. The summed E-state index contributed by atoms with van der Waals surface area (Å²) < 4.78 is 38.9. The number of rotatable bonds is 3. The zero-order valence-electron chi connectivity index (χ0n) is 8.17. The topological polar surface area (TPSA) is 46.2 Å². The normalized spacial score (nSPS) is 14.0. The van der Waals surface area contributed by atoms with Crippen LogP contribution < -0.4 is 5.73 Å². The molecular weight excluding hydrogens is 207 g/mol. The zero-order chi connectivity index (χ0) is 11.6. The number of aryl methyl sites for hydroxylation is 1. The van der Waals surface area contributed by atoms with Crippen molar-refractivity contribution in [3.63, 3.8) is 0 Å². The summed E-state index contributed by atoms with van der Waals surface area (Å²) in [6.45, 7) is 0.201. The van der Waals surface area contributed by atoms with Crippen molar-refractivity contribution in [2.45, 2.75) is 18.9 Å². The van der Waals surface area contributed by atoms with Gasteiger partial charge in [-0.1, -0.05) is 6.07 Å². The Morgan fingerprint density at radius 3 is 2.60 bits per heavy atom. The van der Waals surface area contributed by atoms with E-state index in [2.05, 4.69) is 0 Å². The average molecular weight is 219 g/mol. The van der Waals surface area contributed by atoms with Gasteiger partial charge in [0.15, 0.2) is 0 Å². The Morgan fingerprint density at radius 1 is 1.47 bits per heavy atom. The van der Waals surface area contributed by atoms with Crippen LogP contribution in [0.2, 0.25) is 0 Å². The maximum atomic E-state index is 13.0. The van der Waals surface area contributed by atoms with Gasteiger partial charge in [-0.2, -0.15) is 0 Å². The van der Waals surface area contributed by atoms with Crippen LogP contribution in [0.3, 0.4) is 0 Å². The number of benzene rings is 1. The Balaban J connectivity index is 3.10. The van der Waals surface area contributed by atoms with Gasteiger partial charge in [0.05, 0.1) is 6.04 Å². The highest BCUT2D eigenvalue weighted by molar-refractivity contribution is 5.30. The van der Waals surface area contributed by atoms with Crippen LogP contribution in [0.5, 0.6) is 0 Å². The molecule has 0 aromatic heterocycles. The van der Waals surface area contributed by atoms with E-state index < -0.39 is 24.4 Å². The summed E-state index contributed by atoms with van der Waals surface area (Å²) in [7, 11) is 0. The third-order valence-electron chi connectivity index (χ3n) is 2.24. The second-order valence-corrected chi connectivity index (χ2v) is 3.40. The van der Waals surface area contributed by atoms with E-state index in [1.807, 2.05) is 0 Å². The molecule has 5 heteroatoms. The van der Waals surface area contributed by atoms with Crippen LogP contribution in [0, 0.1) is 12.7 Å². The van der Waals surface area contributed by atoms with Crippen molar-refractivity contribution in [1.29, 1.82) is 0 Å². The summed E-state index contributed by atoms with van der Waals surface area (Å²) in [5, 5.41) is 8.46. The smallest absolute Gasteiger partial charge is 0.289 e. The third-order valence-corrected chi connectivity index (χ3v) is 2.24. The van der Waals surface area contributed by atoms with Gasteiger partial charge < -0.3 is 10.8 Å². The molecule has 0 bridgehead atoms. The Morgan fingerprint density at radius 2 is 2.07 bits per heavy atom. The number of hydrogen-bond acceptors (Lipinski definition) is 2. The van der Waals surface area contributed by atoms with E-state index in [1.165, 1.54) is 12.1 Å². The van der Waals surface area contributed by atoms with Crippen LogP contribution in [0.25, 0.3) is 0 Å². The molecule has 1 aromatic rings. The van der Waals surface area contributed by atoms with Crippen LogP contribution in [-0.2, 0) is 0 Å². The molecule has 0 fully saturated rings. The average Bonchev–Trinajstić information content (AvgIpc) is 2.20. The molecule has 0 aliphatic carbocycles. The first-order chi connectivity index (χ1) is 6.88. The van der Waals surface area contributed by atoms with Gasteiger partial charge in [-0.3, -0.25) is 0 Å². The summed E-state index contributed by atoms with van der Waals surface area (Å²) >= 11 is 0. The monoisotopic (exact) mass is 219 g/mol. The lowest BCUT2D eigenvalue weighted by Crippen LogP contribution is -2.36. The van der Waals surface area contributed by atoms with Gasteiger partial charge in [-0.05, 0) is 30.2 Å². The van der Waals surface area contributed by atoms with E-state index in [9.17, 15) is 13.2 Å². The molecule has 0 unspecified atom stereocenters. The maximum absolute atomic E-state index is 13.0. The molecule has 84 valence electrons. The fourth-order valence-corrected chi connectivity index (χ4v) is 1.27. The molecular formula is C10H12F3NO. The largest absolute Gasteiger partial charge is 0.390 e. The van der Waals surface area contributed by atoms with Gasteiger partial charge in [0.2, 0.25) is 0 Å². The summed E-state index contributed by atoms with van der Waals surface area (Å²) in [6, 6.07) is 1.81. The summed E-state index contributed by atoms with van der Waals surface area (Å²) in [4.78, 5) is 0. The summed E-state index contributed by atoms with van der Waals surface area (Å²) in [6.07, 6.45) is 0. The second kappa shape index (κ2) is 4.20. The Labute approximate surface area is 85.5 Å². The molecule has 1 atom stereocenters. The molecule has 2 nitrogen and oxygen atoms in total. The van der Waals surface area contributed by atoms with Crippen molar-refractivity contribution in [3.8, 4) is 0 Å². The quantitative estimate of drug-likeness (QED) is 0.813. The minimum absolute atomic E-state index is 0.00838. The Kier molecular flexibility index (Phi) is 3.36. The first-order valence-corrected chi connectivity index (χ1v) is 4.39. The number of alkyl halides is 2. The van der Waals surface area contributed by atoms with Crippen molar-refractivity contribution < 1.29 is 18.3 Å². The fraction of sp³-hybridized carbons (Fsp3) is 0.400. The van der Waals surface area contributed by atoms with Crippen LogP contribution in [0.15, 0.2) is 18.2 Å². The number of aliphatic hydroxyl groups excluding tert-OH is 1. The molecule has 0 spiro atoms. The molecule has 15 heavy (non-hydrogen) atoms. The standard InChI is InChI=1S/C10H12F3NO/c1-6-2-3-7(11)4-8(6)9(14)10(12,13)5-15/h2-4,9,15H,5,14H2,1H3/t9-/m0/s1. The van der Waals surface area contributed by atoms with Gasteiger partial charge in [0.25, 0.3) is 5.92 Å². The second-order valence-electron chi connectivity index (χ2n) is 3.40. The molecule has 3 N–H and O–H groups in total. The highest BCUT2D eigenvalue weighted by Crippen LogP contribution is 2.30. The predicted octanol–water partition coefficient (Wildman–Crippen LogP) is 1.76. The highest BCUT2D eigenvalue weighted by atomic mass is 19.3. The van der Waals surface area contributed by atoms with Crippen molar-refractivity contribution >= 4 is 0 Å². The lowest BCUT2D eigenvalue weighted by molar-refractivity contribution is -0.0713. The molecule has 1 rings (SSSR count). The highest BCUT2D eigenvalue weighted by Gasteiger charge is 2.38. The van der Waals surface area contributed by atoms with Crippen molar-refractivity contribution in [3.05, 3.63) is 35.1 Å². The van der Waals surface area contributed by atoms with Gasteiger partial charge in [-0.25, -0.2) is 13.2 Å². The molecule has 0 radical (unpaired) electrons. The van der Waals surface area contributed by atoms with Crippen molar-refractivity contribution in [2.24, 2.45) is 5.73 Å². The van der Waals surface area contributed by atoms with Crippen molar-refractivity contribution in [2.75, 3.05) is 6.61 Å². The van der Waals surface area contributed by atoms with E-state index in [-0.39, 0.29) is 5.56 Å². The first-order valence-electron chi connectivity index (χ1n) is 4.39. The SMILES string of the molecule is Cc1ccc(F)cc1[C@H](N)C(F)(F)CO. The lowest BCUT2D eigenvalue weighted by atomic mass is 9.97. The summed E-state index contributed by atoms with van der Waals surface area (Å²) in [5.74, 6) is -4.07. The fourth-order valence-electron chi connectivity index (χ4n) is 1.27. The predicted molar refractivity (Wildman–Crippen MR) is 50.1 cm³/mol. The number of halogens is 3. The molecule has 0 aliphatic heterocycles. The third kappa shape index (κ3) is 2.49. The van der Waals surface area contributed by atoms with Crippen LogP contribution >= 0.6 is 0 Å². The minimum atomic E-state index is -3.45. The van der Waals surface area contributed by atoms with Crippen LogP contribution in [0.1, 0.15) is 17.2 Å². The Hall–Kier alpha value is -1.07. The maximum Gasteiger partial charge on any atom is 0.289 e. The molecule has 0 amide bonds. The van der Waals surface area contributed by atoms with E-state index >= 15 is 0 Å². The van der Waals surface area contributed by atoms with Gasteiger partial charge in [-0.15, -0.1) is 0 Å². The van der Waals surface area contributed by atoms with E-state index in [0.29, 0.717) is 5.56 Å². The Bertz CT molecular complexity index is 355. The van der Waals surface area contributed by atoms with Gasteiger partial charge in [0.1, 0.15) is 12.4 Å². The van der Waals surface area contributed by atoms with E-state index in [1.54, 1.807) is 6.92 Å².